The lowest BCUT2D eigenvalue weighted by molar-refractivity contribution is 0.102. The first kappa shape index (κ1) is 25.8. The summed E-state index contributed by atoms with van der Waals surface area (Å²) in [4.78, 5) is 2.72. The first-order valence-corrected chi connectivity index (χ1v) is 15.0. The van der Waals surface area contributed by atoms with Crippen LogP contribution >= 0.6 is 0 Å². The normalized spacial score (nSPS) is 14.6. The summed E-state index contributed by atoms with van der Waals surface area (Å²) in [5.74, 6) is 0. The van der Waals surface area contributed by atoms with Gasteiger partial charge in [0.15, 0.2) is 8.32 Å². The number of hydrogen-bond donors (Lipinski definition) is 0. The third-order valence-electron chi connectivity index (χ3n) is 7.07. The highest BCUT2D eigenvalue weighted by Crippen LogP contribution is 2.37. The smallest absolute Gasteiger partial charge is 0.191 e. The van der Waals surface area contributed by atoms with E-state index in [0.29, 0.717) is 12.1 Å². The minimum atomic E-state index is -1.72. The summed E-state index contributed by atoms with van der Waals surface area (Å²) in [6.45, 7) is 18.2. The van der Waals surface area contributed by atoms with E-state index < -0.39 is 8.32 Å². The summed E-state index contributed by atoms with van der Waals surface area (Å²) in [6, 6.07) is 22.8. The molecule has 172 valence electrons. The molecule has 0 amide bonds. The van der Waals surface area contributed by atoms with E-state index >= 15 is 0 Å². The van der Waals surface area contributed by atoms with Gasteiger partial charge in [-0.25, -0.2) is 0 Å². The zero-order valence-corrected chi connectivity index (χ0v) is 22.0. The molecular formula is C28H45NOSi. The van der Waals surface area contributed by atoms with Crippen molar-refractivity contribution in [2.45, 2.75) is 97.1 Å². The number of rotatable bonds is 12. The van der Waals surface area contributed by atoms with Crippen LogP contribution in [0.1, 0.15) is 77.5 Å². The first-order chi connectivity index (χ1) is 14.7. The second-order valence-corrected chi connectivity index (χ2v) is 15.2. The Labute approximate surface area is 193 Å². The minimum absolute atomic E-state index is 0.257. The second-order valence-electron chi connectivity index (χ2n) is 10.4. The van der Waals surface area contributed by atoms with Gasteiger partial charge in [-0.1, -0.05) is 101 Å². The third-order valence-corrected chi connectivity index (χ3v) is 11.6. The maximum absolute atomic E-state index is 6.60. The van der Waals surface area contributed by atoms with Crippen LogP contribution in [0.15, 0.2) is 60.7 Å². The van der Waals surface area contributed by atoms with Crippen LogP contribution in [0.2, 0.25) is 18.1 Å². The lowest BCUT2D eigenvalue weighted by Crippen LogP contribution is -2.43. The standard InChI is InChI=1S/C28H45NOSi/c1-8-9-20-27(21-22-30-31(6,7)28(3,4)5)29(23-25-16-12-10-13-17-25)24(2)26-18-14-11-15-19-26/h10-19,24,27H,8-9,20-23H2,1-7H3/t24-,27?/m0/s1. The van der Waals surface area contributed by atoms with Crippen molar-refractivity contribution in [3.8, 4) is 0 Å². The van der Waals surface area contributed by atoms with Crippen LogP contribution in [0.5, 0.6) is 0 Å². The Morgan fingerprint density at radius 2 is 1.48 bits per heavy atom. The molecule has 0 aliphatic rings. The SMILES string of the molecule is CCCCC(CCO[Si](C)(C)C(C)(C)C)N(Cc1ccccc1)[C@@H](C)c1ccccc1. The summed E-state index contributed by atoms with van der Waals surface area (Å²) in [6.07, 6.45) is 4.81. The molecule has 2 nitrogen and oxygen atoms in total. The Morgan fingerprint density at radius 1 is 0.903 bits per heavy atom. The van der Waals surface area contributed by atoms with Gasteiger partial charge in [-0.15, -0.1) is 0 Å². The van der Waals surface area contributed by atoms with Crippen molar-refractivity contribution < 1.29 is 4.43 Å². The largest absolute Gasteiger partial charge is 0.417 e. The first-order valence-electron chi connectivity index (χ1n) is 12.1. The second kappa shape index (κ2) is 12.0. The average Bonchev–Trinajstić information content (AvgIpc) is 2.74. The summed E-state index contributed by atoms with van der Waals surface area (Å²) in [5, 5.41) is 0.257. The van der Waals surface area contributed by atoms with Gasteiger partial charge in [-0.3, -0.25) is 4.90 Å². The number of hydrogen-bond acceptors (Lipinski definition) is 2. The molecule has 0 bridgehead atoms. The molecule has 0 heterocycles. The third kappa shape index (κ3) is 7.89. The maximum Gasteiger partial charge on any atom is 0.191 e. The van der Waals surface area contributed by atoms with Crippen molar-refractivity contribution in [1.82, 2.24) is 4.90 Å². The molecule has 0 saturated heterocycles. The highest BCUT2D eigenvalue weighted by atomic mass is 28.4. The van der Waals surface area contributed by atoms with E-state index in [4.69, 9.17) is 4.43 Å². The summed E-state index contributed by atoms with van der Waals surface area (Å²) < 4.78 is 6.60. The highest BCUT2D eigenvalue weighted by molar-refractivity contribution is 6.74. The summed E-state index contributed by atoms with van der Waals surface area (Å²) in [7, 11) is -1.72. The van der Waals surface area contributed by atoms with Gasteiger partial charge in [0.2, 0.25) is 0 Å². The zero-order valence-electron chi connectivity index (χ0n) is 21.0. The van der Waals surface area contributed by atoms with Crippen LogP contribution in [-0.2, 0) is 11.0 Å². The monoisotopic (exact) mass is 439 g/mol. The topological polar surface area (TPSA) is 12.5 Å². The van der Waals surface area contributed by atoms with Gasteiger partial charge in [-0.05, 0) is 49.0 Å². The number of benzene rings is 2. The van der Waals surface area contributed by atoms with Crippen molar-refractivity contribution in [3.05, 3.63) is 71.8 Å². The molecule has 0 fully saturated rings. The van der Waals surface area contributed by atoms with Crippen molar-refractivity contribution >= 4 is 8.32 Å². The molecule has 0 spiro atoms. The molecule has 2 atom stereocenters. The molecule has 31 heavy (non-hydrogen) atoms. The Kier molecular flexibility index (Phi) is 9.99. The van der Waals surface area contributed by atoms with Crippen LogP contribution in [-0.4, -0.2) is 25.9 Å². The van der Waals surface area contributed by atoms with Crippen molar-refractivity contribution in [3.63, 3.8) is 0 Å². The van der Waals surface area contributed by atoms with E-state index in [9.17, 15) is 0 Å². The van der Waals surface area contributed by atoms with Gasteiger partial charge in [0, 0.05) is 25.2 Å². The average molecular weight is 440 g/mol. The van der Waals surface area contributed by atoms with Gasteiger partial charge in [0.1, 0.15) is 0 Å². The molecule has 2 aromatic rings. The van der Waals surface area contributed by atoms with Crippen molar-refractivity contribution in [2.75, 3.05) is 6.61 Å². The summed E-state index contributed by atoms with van der Waals surface area (Å²) in [5.41, 5.74) is 2.78. The molecule has 2 rings (SSSR count). The fourth-order valence-corrected chi connectivity index (χ4v) is 4.94. The van der Waals surface area contributed by atoms with Crippen LogP contribution in [0.25, 0.3) is 0 Å². The predicted molar refractivity (Wildman–Crippen MR) is 138 cm³/mol. The van der Waals surface area contributed by atoms with E-state index in [-0.39, 0.29) is 5.04 Å². The molecule has 3 heteroatoms. The van der Waals surface area contributed by atoms with Crippen molar-refractivity contribution in [1.29, 1.82) is 0 Å². The number of unbranched alkanes of at least 4 members (excludes halogenated alkanes) is 1. The van der Waals surface area contributed by atoms with Crippen molar-refractivity contribution in [2.24, 2.45) is 0 Å². The Morgan fingerprint density at radius 3 is 2.03 bits per heavy atom. The Balaban J connectivity index is 2.23. The fourth-order valence-electron chi connectivity index (χ4n) is 3.88. The highest BCUT2D eigenvalue weighted by Gasteiger charge is 2.37. The molecule has 0 aliphatic heterocycles. The van der Waals surface area contributed by atoms with Gasteiger partial charge >= 0.3 is 0 Å². The maximum atomic E-state index is 6.60. The van der Waals surface area contributed by atoms with E-state index in [0.717, 1.165) is 19.6 Å². The predicted octanol–water partition coefficient (Wildman–Crippen LogP) is 8.22. The zero-order chi connectivity index (χ0) is 22.9. The molecule has 0 saturated carbocycles. The van der Waals surface area contributed by atoms with E-state index in [2.05, 4.69) is 113 Å². The van der Waals surface area contributed by atoms with Crippen LogP contribution in [0.3, 0.4) is 0 Å². The lowest BCUT2D eigenvalue weighted by atomic mass is 9.98. The van der Waals surface area contributed by atoms with Gasteiger partial charge in [0.05, 0.1) is 0 Å². The number of nitrogens with zero attached hydrogens (tertiary/aromatic N) is 1. The quantitative estimate of drug-likeness (QED) is 0.309. The molecule has 0 N–H and O–H groups in total. The molecule has 0 aromatic heterocycles. The van der Waals surface area contributed by atoms with E-state index in [1.807, 2.05) is 0 Å². The molecule has 1 unspecified atom stereocenters. The summed E-state index contributed by atoms with van der Waals surface area (Å²) >= 11 is 0. The Bertz CT molecular complexity index is 739. The molecular weight excluding hydrogens is 394 g/mol. The van der Waals surface area contributed by atoms with Gasteiger partial charge in [0.25, 0.3) is 0 Å². The lowest BCUT2D eigenvalue weighted by Gasteiger charge is -2.39. The molecule has 2 aromatic carbocycles. The molecule has 0 radical (unpaired) electrons. The van der Waals surface area contributed by atoms with Gasteiger partial charge in [-0.2, -0.15) is 0 Å². The minimum Gasteiger partial charge on any atom is -0.417 e. The Hall–Kier alpha value is -1.42. The van der Waals surface area contributed by atoms with Gasteiger partial charge < -0.3 is 4.43 Å². The van der Waals surface area contributed by atoms with Crippen LogP contribution in [0, 0.1) is 0 Å². The van der Waals surface area contributed by atoms with Crippen LogP contribution in [0.4, 0.5) is 0 Å². The van der Waals surface area contributed by atoms with E-state index in [1.54, 1.807) is 0 Å². The molecule has 0 aliphatic carbocycles. The fraction of sp³-hybridized carbons (Fsp3) is 0.571. The van der Waals surface area contributed by atoms with E-state index in [1.165, 1.54) is 30.4 Å². The van der Waals surface area contributed by atoms with Crippen LogP contribution < -0.4 is 0 Å².